The van der Waals surface area contributed by atoms with Gasteiger partial charge in [0.15, 0.2) is 0 Å². The fourth-order valence-corrected chi connectivity index (χ4v) is 0. The third-order valence-corrected chi connectivity index (χ3v) is 0.167. The number of aliphatic carboxylic acids is 3. The summed E-state index contributed by atoms with van der Waals surface area (Å²) < 4.78 is -0.0278. The molecule has 0 fully saturated rings. The monoisotopic (exact) mass is 308 g/mol. The molecule has 1 atom stereocenters. The van der Waals surface area contributed by atoms with E-state index >= 15 is 0 Å². The van der Waals surface area contributed by atoms with Gasteiger partial charge in [0.1, 0.15) is 0 Å². The molecule has 118 valence electrons. The molecule has 0 aliphatic carbocycles. The molecule has 8 N–H and O–H groups in total. The van der Waals surface area contributed by atoms with Crippen LogP contribution in [0.4, 0.5) is 0 Å². The molecular formula is C10H25N2NaO7. The van der Waals surface area contributed by atoms with Crippen LogP contribution in [-0.4, -0.2) is 82.7 Å². The Balaban J connectivity index is -0.0000000469. The largest absolute Gasteiger partial charge is 0.329 e. The quantitative estimate of drug-likeness (QED) is 0.319. The van der Waals surface area contributed by atoms with E-state index in [1.54, 1.807) is 6.92 Å². The van der Waals surface area contributed by atoms with E-state index in [-0.39, 0.29) is 3.35 Å². The molecule has 0 spiro atoms. The van der Waals surface area contributed by atoms with E-state index in [2.05, 4.69) is 0 Å². The van der Waals surface area contributed by atoms with Gasteiger partial charge in [-0.25, -0.2) is 0 Å². The zero-order chi connectivity index (χ0) is 17.7. The van der Waals surface area contributed by atoms with Gasteiger partial charge >= 0.3 is 43.3 Å². The van der Waals surface area contributed by atoms with Gasteiger partial charge in [-0.05, 0) is 0 Å². The van der Waals surface area contributed by atoms with E-state index in [0.29, 0.717) is 13.1 Å². The van der Waals surface area contributed by atoms with Gasteiger partial charge in [0.2, 0.25) is 0 Å². The Bertz CT molecular complexity index is 180. The molecule has 0 aromatic carbocycles. The van der Waals surface area contributed by atoms with E-state index in [4.69, 9.17) is 46.3 Å². The van der Waals surface area contributed by atoms with Crippen LogP contribution in [-0.2, 0) is 14.4 Å². The molecule has 0 amide bonds. The van der Waals surface area contributed by atoms with Crippen molar-refractivity contribution in [1.29, 1.82) is 0 Å². The fourth-order valence-electron chi connectivity index (χ4n) is 0. The molecule has 0 aliphatic rings. The summed E-state index contributed by atoms with van der Waals surface area (Å²) in [7, 11) is 0. The summed E-state index contributed by atoms with van der Waals surface area (Å²) in [6.45, 7) is 6.23. The molecule has 10 heteroatoms. The molecule has 0 bridgehead atoms. The Morgan fingerprint density at radius 2 is 0.950 bits per heavy atom. The molecule has 0 aromatic rings. The summed E-state index contributed by atoms with van der Waals surface area (Å²) in [6.07, 6.45) is 0. The Kier molecular flexibility index (Phi) is 48.9. The van der Waals surface area contributed by atoms with Crippen molar-refractivity contribution < 1.29 is 34.8 Å². The van der Waals surface area contributed by atoms with Crippen molar-refractivity contribution in [1.82, 2.24) is 0 Å². The minimum Gasteiger partial charge on any atom is -0.329 e. The molecule has 0 saturated heterocycles. The van der Waals surface area contributed by atoms with Crippen molar-refractivity contribution >= 4 is 45.8 Å². The number of carboxylic acid groups (broad SMARTS) is 3. The number of aliphatic hydroxyl groups excluding tert-OH is 1. The smallest absolute Gasteiger partial charge is 0.00461 e. The summed E-state index contributed by atoms with van der Waals surface area (Å²) in [5, 5.41) is 30.4. The van der Waals surface area contributed by atoms with Crippen LogP contribution in [0.5, 0.6) is 0 Å². The molecule has 20 heavy (non-hydrogen) atoms. The number of nitrogens with two attached hydrogens (primary N) is 2. The minimum atomic E-state index is -0.833. The predicted octanol–water partition coefficient (Wildman–Crippen LogP) is -1.33. The van der Waals surface area contributed by atoms with Crippen molar-refractivity contribution in [2.24, 2.45) is 11.5 Å². The Labute approximate surface area is 136 Å². The number of carboxylic acids is 3. The minimum absolute atomic E-state index is 0.0278. The van der Waals surface area contributed by atoms with Gasteiger partial charge in [-0.3, -0.25) is 14.4 Å². The molecule has 0 radical (unpaired) electrons. The van der Waals surface area contributed by atoms with Crippen LogP contribution in [0.3, 0.4) is 0 Å². The van der Waals surface area contributed by atoms with Gasteiger partial charge in [0.05, 0.1) is 0 Å². The van der Waals surface area contributed by atoms with E-state index in [1.807, 2.05) is 0 Å². The zero-order valence-corrected chi connectivity index (χ0v) is 14.7. The van der Waals surface area contributed by atoms with Crippen LogP contribution in [0.1, 0.15) is 27.7 Å². The van der Waals surface area contributed by atoms with Crippen molar-refractivity contribution in [2.45, 2.75) is 31.0 Å². The van der Waals surface area contributed by atoms with Crippen LogP contribution in [0.2, 0.25) is 0 Å². The van der Waals surface area contributed by atoms with Gasteiger partial charge in [-0.2, -0.15) is 0 Å². The summed E-state index contributed by atoms with van der Waals surface area (Å²) in [4.78, 5) is 27.0. The molecule has 1 unspecified atom stereocenters. The summed E-state index contributed by atoms with van der Waals surface area (Å²) >= 11 is 0.904. The first-order chi connectivity index (χ1) is 8.84. The maximum absolute atomic E-state index is 9.00. The van der Waals surface area contributed by atoms with Gasteiger partial charge in [0.25, 0.3) is 17.9 Å². The van der Waals surface area contributed by atoms with Crippen molar-refractivity contribution in [3.8, 4) is 0 Å². The summed E-state index contributed by atoms with van der Waals surface area (Å²) in [5.41, 5.74) is 9.81. The standard InChI is InChI=1S/C2H8N2.3C2H4O2.C2H5O.Na/c3-1-2-4;3*1-2(3)4;1-2-3;/h1-4H2;3*1H3,(H,3,4);2-3H,1H3;. The van der Waals surface area contributed by atoms with E-state index < -0.39 is 17.9 Å². The van der Waals surface area contributed by atoms with E-state index in [9.17, 15) is 0 Å². The number of rotatable bonds is 1. The van der Waals surface area contributed by atoms with Gasteiger partial charge in [-0.1, -0.05) is 0 Å². The van der Waals surface area contributed by atoms with Gasteiger partial charge in [-0.15, -0.1) is 0 Å². The number of hydrogen-bond donors (Lipinski definition) is 6. The van der Waals surface area contributed by atoms with Crippen LogP contribution >= 0.6 is 0 Å². The van der Waals surface area contributed by atoms with Crippen LogP contribution in [0.15, 0.2) is 0 Å². The molecular weight excluding hydrogens is 283 g/mol. The Morgan fingerprint density at radius 3 is 0.950 bits per heavy atom. The number of carbonyl (C=O) groups is 3. The SMILES string of the molecule is CC(=O)O.CC(=O)O.CC(=O)O.C[CH](O)[Na].NCCN. The summed E-state index contributed by atoms with van der Waals surface area (Å²) in [5.74, 6) is -2.50. The molecule has 0 saturated carbocycles. The first-order valence-electron chi connectivity index (χ1n) is 5.51. The fraction of sp³-hybridized carbons (Fsp3) is 0.700. The van der Waals surface area contributed by atoms with E-state index in [1.165, 1.54) is 0 Å². The third-order valence-electron chi connectivity index (χ3n) is 0.167. The van der Waals surface area contributed by atoms with Gasteiger partial charge in [0, 0.05) is 33.9 Å². The van der Waals surface area contributed by atoms with Crippen LogP contribution in [0.25, 0.3) is 0 Å². The molecule has 0 heterocycles. The number of aliphatic hydroxyl groups is 1. The molecule has 0 aliphatic heterocycles. The summed E-state index contributed by atoms with van der Waals surface area (Å²) in [6, 6.07) is 0. The van der Waals surface area contributed by atoms with Crippen molar-refractivity contribution in [2.75, 3.05) is 13.1 Å². The maximum atomic E-state index is 9.00. The van der Waals surface area contributed by atoms with Gasteiger partial charge < -0.3 is 26.8 Å². The zero-order valence-electron chi connectivity index (χ0n) is 12.7. The predicted molar refractivity (Wildman–Crippen MR) is 75.5 cm³/mol. The molecule has 0 rings (SSSR count). The molecule has 0 aromatic heterocycles. The second-order valence-corrected chi connectivity index (χ2v) is 4.90. The van der Waals surface area contributed by atoms with Crippen molar-refractivity contribution in [3.63, 3.8) is 0 Å². The van der Waals surface area contributed by atoms with Crippen molar-refractivity contribution in [3.05, 3.63) is 0 Å². The maximum Gasteiger partial charge on any atom is 0.00461 e. The second kappa shape index (κ2) is 31.0. The average molecular weight is 308 g/mol. The first kappa shape index (κ1) is 31.6. The van der Waals surface area contributed by atoms with Crippen LogP contribution < -0.4 is 11.5 Å². The Hall–Kier alpha value is -0.710. The first-order valence-corrected chi connectivity index (χ1v) is 6.67. The third kappa shape index (κ3) is 54600. The number of hydrogen-bond acceptors (Lipinski definition) is 6. The molecule has 9 nitrogen and oxygen atoms in total. The normalized spacial score (nSPS) is 8.45. The van der Waals surface area contributed by atoms with Crippen LogP contribution in [0, 0.1) is 0 Å². The Morgan fingerprint density at radius 1 is 0.900 bits per heavy atom. The topological polar surface area (TPSA) is 184 Å². The second-order valence-electron chi connectivity index (χ2n) is 3.23. The average Bonchev–Trinajstić information content (AvgIpc) is 2.13. The van der Waals surface area contributed by atoms with E-state index in [0.717, 1.165) is 48.7 Å².